The number of hydrogen-bond acceptors (Lipinski definition) is 5. The summed E-state index contributed by atoms with van der Waals surface area (Å²) < 4.78 is 11.6. The lowest BCUT2D eigenvalue weighted by Gasteiger charge is -2.34. The van der Waals surface area contributed by atoms with Crippen LogP contribution in [-0.4, -0.2) is 57.0 Å². The van der Waals surface area contributed by atoms with Crippen LogP contribution in [0.5, 0.6) is 11.5 Å². The van der Waals surface area contributed by atoms with E-state index in [4.69, 9.17) is 9.47 Å². The highest BCUT2D eigenvalue weighted by atomic mass is 79.9. The molecule has 1 saturated heterocycles. The maximum absolute atomic E-state index is 9.79. The second-order valence-corrected chi connectivity index (χ2v) is 5.57. The Labute approximate surface area is 140 Å². The minimum atomic E-state index is -0.0359. The fraction of sp³-hybridized carbons (Fsp3) is 0.571. The number of piperazine rings is 1. The van der Waals surface area contributed by atoms with E-state index in [1.165, 1.54) is 0 Å². The van der Waals surface area contributed by atoms with Crippen LogP contribution in [-0.2, 0) is 0 Å². The van der Waals surface area contributed by atoms with Gasteiger partial charge in [0.05, 0.1) is 26.9 Å². The number of benzene rings is 1. The molecule has 1 atom stereocenters. The summed E-state index contributed by atoms with van der Waals surface area (Å²) in [4.78, 5) is 2.28. The Morgan fingerprint density at radius 1 is 1.24 bits per heavy atom. The Morgan fingerprint density at radius 3 is 2.33 bits per heavy atom. The van der Waals surface area contributed by atoms with Gasteiger partial charge in [0.2, 0.25) is 0 Å². The van der Waals surface area contributed by atoms with Crippen molar-refractivity contribution < 1.29 is 14.6 Å². The number of rotatable bonds is 5. The quantitative estimate of drug-likeness (QED) is 0.815. The topological polar surface area (TPSA) is 54.0 Å². The average Bonchev–Trinajstić information content (AvgIpc) is 2.50. The van der Waals surface area contributed by atoms with E-state index in [0.29, 0.717) is 11.5 Å². The molecule has 0 aliphatic carbocycles. The van der Waals surface area contributed by atoms with E-state index < -0.39 is 0 Å². The number of nitrogens with one attached hydrogen (secondary N) is 1. The summed E-state index contributed by atoms with van der Waals surface area (Å²) in [6.07, 6.45) is 0. The van der Waals surface area contributed by atoms with E-state index in [1.54, 1.807) is 14.2 Å². The monoisotopic (exact) mass is 380 g/mol. The van der Waals surface area contributed by atoms with Crippen molar-refractivity contribution in [1.82, 2.24) is 10.2 Å². The highest BCUT2D eigenvalue weighted by Gasteiger charge is 2.24. The summed E-state index contributed by atoms with van der Waals surface area (Å²) in [5.41, 5.74) is 1.02. The van der Waals surface area contributed by atoms with Crippen molar-refractivity contribution in [3.63, 3.8) is 0 Å². The van der Waals surface area contributed by atoms with Crippen LogP contribution in [0.15, 0.2) is 16.6 Å². The molecule has 0 radical (unpaired) electrons. The molecule has 0 aromatic heterocycles. The van der Waals surface area contributed by atoms with Crippen molar-refractivity contribution in [3.05, 3.63) is 22.2 Å². The molecule has 21 heavy (non-hydrogen) atoms. The summed E-state index contributed by atoms with van der Waals surface area (Å²) in [6, 6.07) is 3.79. The van der Waals surface area contributed by atoms with Gasteiger partial charge in [0.25, 0.3) is 0 Å². The molecule has 0 spiro atoms. The summed E-state index contributed by atoms with van der Waals surface area (Å²) in [6.45, 7) is 3.81. The fourth-order valence-electron chi connectivity index (χ4n) is 2.53. The molecule has 1 aromatic rings. The van der Waals surface area contributed by atoms with Crippen molar-refractivity contribution in [3.8, 4) is 11.5 Å². The van der Waals surface area contributed by atoms with E-state index in [-0.39, 0.29) is 25.1 Å². The molecular weight excluding hydrogens is 360 g/mol. The van der Waals surface area contributed by atoms with Gasteiger partial charge < -0.3 is 19.9 Å². The third-order valence-electron chi connectivity index (χ3n) is 3.63. The average molecular weight is 382 g/mol. The molecule has 120 valence electrons. The Bertz CT molecular complexity index is 456. The number of hydrogen-bond donors (Lipinski definition) is 2. The van der Waals surface area contributed by atoms with Crippen LogP contribution in [0.3, 0.4) is 0 Å². The highest BCUT2D eigenvalue weighted by molar-refractivity contribution is 9.10. The molecule has 1 aliphatic heterocycles. The van der Waals surface area contributed by atoms with Gasteiger partial charge in [0.1, 0.15) is 0 Å². The zero-order valence-electron chi connectivity index (χ0n) is 12.3. The highest BCUT2D eigenvalue weighted by Crippen LogP contribution is 2.37. The molecular formula is C14H22BrClN2O3. The second kappa shape index (κ2) is 8.80. The molecule has 2 rings (SSSR count). The first kappa shape index (κ1) is 18.5. The Hall–Kier alpha value is -0.530. The third-order valence-corrected chi connectivity index (χ3v) is 4.31. The SMILES string of the molecule is COc1cc(Br)c([C@@H](CO)N2CCNCC2)cc1OC.Cl. The number of ether oxygens (including phenoxy) is 2. The van der Waals surface area contributed by atoms with Crippen molar-refractivity contribution in [2.75, 3.05) is 47.0 Å². The van der Waals surface area contributed by atoms with Gasteiger partial charge in [-0.05, 0) is 17.7 Å². The first-order valence-corrected chi connectivity index (χ1v) is 7.47. The first-order chi connectivity index (χ1) is 9.71. The van der Waals surface area contributed by atoms with Crippen LogP contribution < -0.4 is 14.8 Å². The molecule has 1 fully saturated rings. The van der Waals surface area contributed by atoms with Gasteiger partial charge in [-0.2, -0.15) is 0 Å². The summed E-state index contributed by atoms with van der Waals surface area (Å²) in [7, 11) is 3.23. The molecule has 0 saturated carbocycles. The smallest absolute Gasteiger partial charge is 0.161 e. The lowest BCUT2D eigenvalue weighted by atomic mass is 10.0. The lowest BCUT2D eigenvalue weighted by molar-refractivity contribution is 0.110. The number of aliphatic hydroxyl groups is 1. The van der Waals surface area contributed by atoms with Crippen LogP contribution in [0, 0.1) is 0 Å². The predicted octanol–water partition coefficient (Wildman–Crippen LogP) is 1.83. The Morgan fingerprint density at radius 2 is 1.81 bits per heavy atom. The molecule has 1 aliphatic rings. The molecule has 7 heteroatoms. The molecule has 0 unspecified atom stereocenters. The van der Waals surface area contributed by atoms with Gasteiger partial charge in [-0.1, -0.05) is 15.9 Å². The van der Waals surface area contributed by atoms with Crippen LogP contribution in [0.1, 0.15) is 11.6 Å². The summed E-state index contributed by atoms with van der Waals surface area (Å²) in [5, 5.41) is 13.1. The molecule has 2 N–H and O–H groups in total. The van der Waals surface area contributed by atoms with Crippen LogP contribution in [0.2, 0.25) is 0 Å². The van der Waals surface area contributed by atoms with E-state index >= 15 is 0 Å². The third kappa shape index (κ3) is 4.23. The zero-order valence-corrected chi connectivity index (χ0v) is 14.7. The van der Waals surface area contributed by atoms with Gasteiger partial charge in [-0.15, -0.1) is 12.4 Å². The van der Waals surface area contributed by atoms with E-state index in [2.05, 4.69) is 26.1 Å². The van der Waals surface area contributed by atoms with Gasteiger partial charge >= 0.3 is 0 Å². The minimum absolute atomic E-state index is 0. The van der Waals surface area contributed by atoms with E-state index in [0.717, 1.165) is 36.2 Å². The zero-order chi connectivity index (χ0) is 14.5. The second-order valence-electron chi connectivity index (χ2n) is 4.71. The maximum Gasteiger partial charge on any atom is 0.161 e. The molecule has 1 aromatic carbocycles. The standard InChI is InChI=1S/C14H21BrN2O3.ClH/c1-19-13-7-10(11(15)8-14(13)20-2)12(9-18)17-5-3-16-4-6-17;/h7-8,12,16,18H,3-6,9H2,1-2H3;1H/t12-;/m1./s1. The lowest BCUT2D eigenvalue weighted by Crippen LogP contribution is -2.46. The maximum atomic E-state index is 9.79. The van der Waals surface area contributed by atoms with Crippen molar-refractivity contribution >= 4 is 28.3 Å². The fourth-order valence-corrected chi connectivity index (χ4v) is 3.12. The van der Waals surface area contributed by atoms with Crippen LogP contribution >= 0.6 is 28.3 Å². The van der Waals surface area contributed by atoms with E-state index in [1.807, 2.05) is 12.1 Å². The minimum Gasteiger partial charge on any atom is -0.493 e. The largest absolute Gasteiger partial charge is 0.493 e. The number of halogens is 2. The van der Waals surface area contributed by atoms with Crippen molar-refractivity contribution in [2.24, 2.45) is 0 Å². The Balaban J connectivity index is 0.00000220. The first-order valence-electron chi connectivity index (χ1n) is 6.68. The van der Waals surface area contributed by atoms with Gasteiger partial charge in [0, 0.05) is 30.7 Å². The predicted molar refractivity (Wildman–Crippen MR) is 88.8 cm³/mol. The van der Waals surface area contributed by atoms with Crippen molar-refractivity contribution in [1.29, 1.82) is 0 Å². The Kier molecular flexibility index (Phi) is 7.76. The van der Waals surface area contributed by atoms with Crippen molar-refractivity contribution in [2.45, 2.75) is 6.04 Å². The molecule has 0 amide bonds. The number of nitrogens with zero attached hydrogens (tertiary/aromatic N) is 1. The van der Waals surface area contributed by atoms with Crippen LogP contribution in [0.4, 0.5) is 0 Å². The summed E-state index contributed by atoms with van der Waals surface area (Å²) >= 11 is 3.57. The van der Waals surface area contributed by atoms with Gasteiger partial charge in [-0.25, -0.2) is 0 Å². The number of aliphatic hydroxyl groups excluding tert-OH is 1. The van der Waals surface area contributed by atoms with E-state index in [9.17, 15) is 5.11 Å². The normalized spacial score (nSPS) is 17.0. The van der Waals surface area contributed by atoms with Gasteiger partial charge in [-0.3, -0.25) is 4.90 Å². The molecule has 5 nitrogen and oxygen atoms in total. The van der Waals surface area contributed by atoms with Crippen LogP contribution in [0.25, 0.3) is 0 Å². The number of methoxy groups -OCH3 is 2. The summed E-state index contributed by atoms with van der Waals surface area (Å²) in [5.74, 6) is 1.36. The molecule has 0 bridgehead atoms. The molecule has 1 heterocycles. The van der Waals surface area contributed by atoms with Gasteiger partial charge in [0.15, 0.2) is 11.5 Å².